The quantitative estimate of drug-likeness (QED) is 0.658. The van der Waals surface area contributed by atoms with Crippen molar-refractivity contribution in [1.82, 2.24) is 9.55 Å². The Balaban J connectivity index is 1.71. The fraction of sp³-hybridized carbons (Fsp3) is 0.200. The van der Waals surface area contributed by atoms with Gasteiger partial charge >= 0.3 is 0 Å². The van der Waals surface area contributed by atoms with Crippen molar-refractivity contribution >= 4 is 34.5 Å². The van der Waals surface area contributed by atoms with E-state index in [1.807, 2.05) is 26.0 Å². The van der Waals surface area contributed by atoms with Crippen LogP contribution in [0, 0.1) is 13.8 Å². The Morgan fingerprint density at radius 3 is 2.44 bits per heavy atom. The summed E-state index contributed by atoms with van der Waals surface area (Å²) in [6.07, 6.45) is 1.61. The molecule has 27 heavy (non-hydrogen) atoms. The number of amides is 2. The molecule has 1 saturated heterocycles. The summed E-state index contributed by atoms with van der Waals surface area (Å²) in [5, 5.41) is 10.9. The normalized spacial score (nSPS) is 17.1. The fourth-order valence-corrected chi connectivity index (χ4v) is 3.38. The molecular weight excluding hydrogens is 346 g/mol. The summed E-state index contributed by atoms with van der Waals surface area (Å²) in [5.74, 6) is -2.01. The minimum atomic E-state index is -1.31. The zero-order chi connectivity index (χ0) is 19.3. The minimum absolute atomic E-state index is 0.0131. The van der Waals surface area contributed by atoms with Crippen molar-refractivity contribution in [2.45, 2.75) is 26.3 Å². The first-order valence-corrected chi connectivity index (χ1v) is 8.49. The predicted molar refractivity (Wildman–Crippen MR) is 96.1 cm³/mol. The third-order valence-electron chi connectivity index (χ3n) is 5.01. The van der Waals surface area contributed by atoms with Gasteiger partial charge in [-0.05, 0) is 54.8 Å². The van der Waals surface area contributed by atoms with Crippen LogP contribution in [0.1, 0.15) is 33.9 Å². The molecule has 0 aliphatic carbocycles. The topological polar surface area (TPSA) is 95.3 Å². The minimum Gasteiger partial charge on any atom is -0.545 e. The van der Waals surface area contributed by atoms with Gasteiger partial charge in [0.25, 0.3) is 5.91 Å². The van der Waals surface area contributed by atoms with Gasteiger partial charge in [0.1, 0.15) is 6.04 Å². The van der Waals surface area contributed by atoms with E-state index >= 15 is 0 Å². The summed E-state index contributed by atoms with van der Waals surface area (Å²) in [6.45, 7) is 3.98. The molecule has 2 amide bonds. The first kappa shape index (κ1) is 17.0. The lowest BCUT2D eigenvalue weighted by Gasteiger charge is -2.16. The molecule has 1 aliphatic heterocycles. The number of nitrogens with zero attached hydrogens (tertiary/aromatic N) is 3. The van der Waals surface area contributed by atoms with Gasteiger partial charge in [0.05, 0.1) is 35.4 Å². The van der Waals surface area contributed by atoms with E-state index in [-0.39, 0.29) is 23.8 Å². The molecule has 7 nitrogen and oxygen atoms in total. The van der Waals surface area contributed by atoms with Crippen molar-refractivity contribution in [3.05, 3.63) is 59.4 Å². The number of anilines is 1. The standard InChI is InChI=1S/C20H17N3O4/c1-11-7-15-16(8-12(11)2)22(10-21-15)17-9-18(24)23(19(17)25)14-5-3-13(4-6-14)20(26)27/h3-8,10,17H,9H2,1-2H3,(H,26,27)/p-1/t17-/m1/s1. The number of carboxylic acid groups (broad SMARTS) is 1. The van der Waals surface area contributed by atoms with Gasteiger partial charge in [-0.15, -0.1) is 0 Å². The largest absolute Gasteiger partial charge is 0.545 e. The average molecular weight is 362 g/mol. The second kappa shape index (κ2) is 6.05. The third kappa shape index (κ3) is 2.68. The summed E-state index contributed by atoms with van der Waals surface area (Å²) in [6, 6.07) is 8.75. The van der Waals surface area contributed by atoms with Gasteiger partial charge in [0, 0.05) is 0 Å². The van der Waals surface area contributed by atoms with E-state index in [0.717, 1.165) is 27.1 Å². The number of carbonyl (C=O) groups is 3. The van der Waals surface area contributed by atoms with E-state index in [1.165, 1.54) is 24.3 Å². The average Bonchev–Trinajstić information content (AvgIpc) is 3.15. The molecule has 1 aromatic heterocycles. The lowest BCUT2D eigenvalue weighted by atomic mass is 10.1. The molecule has 0 N–H and O–H groups in total. The van der Waals surface area contributed by atoms with E-state index in [0.29, 0.717) is 5.69 Å². The van der Waals surface area contributed by atoms with Gasteiger partial charge < -0.3 is 14.5 Å². The monoisotopic (exact) mass is 362 g/mol. The lowest BCUT2D eigenvalue weighted by Crippen LogP contribution is -2.31. The maximum atomic E-state index is 13.0. The predicted octanol–water partition coefficient (Wildman–Crippen LogP) is 1.52. The second-order valence-electron chi connectivity index (χ2n) is 6.70. The molecule has 2 aromatic carbocycles. The summed E-state index contributed by atoms with van der Waals surface area (Å²) in [4.78, 5) is 41.8. The van der Waals surface area contributed by atoms with Crippen molar-refractivity contribution in [2.24, 2.45) is 0 Å². The van der Waals surface area contributed by atoms with Crippen molar-refractivity contribution < 1.29 is 19.5 Å². The molecule has 1 fully saturated rings. The highest BCUT2D eigenvalue weighted by Crippen LogP contribution is 2.32. The molecule has 7 heteroatoms. The van der Waals surface area contributed by atoms with Gasteiger partial charge in [-0.25, -0.2) is 9.88 Å². The van der Waals surface area contributed by atoms with E-state index in [2.05, 4.69) is 4.98 Å². The zero-order valence-corrected chi connectivity index (χ0v) is 14.8. The van der Waals surface area contributed by atoms with Crippen LogP contribution in [0.5, 0.6) is 0 Å². The molecule has 1 atom stereocenters. The highest BCUT2D eigenvalue weighted by atomic mass is 16.4. The van der Waals surface area contributed by atoms with Crippen LogP contribution in [0.3, 0.4) is 0 Å². The smallest absolute Gasteiger partial charge is 0.257 e. The zero-order valence-electron chi connectivity index (χ0n) is 14.8. The Labute approximate surface area is 154 Å². The van der Waals surface area contributed by atoms with E-state index in [1.54, 1.807) is 10.9 Å². The summed E-state index contributed by atoms with van der Waals surface area (Å²) >= 11 is 0. The summed E-state index contributed by atoms with van der Waals surface area (Å²) < 4.78 is 1.73. The molecule has 0 spiro atoms. The Morgan fingerprint density at radius 1 is 1.11 bits per heavy atom. The van der Waals surface area contributed by atoms with Crippen LogP contribution >= 0.6 is 0 Å². The van der Waals surface area contributed by atoms with Gasteiger partial charge in [0.2, 0.25) is 5.91 Å². The number of aromatic carboxylic acids is 1. The molecule has 136 valence electrons. The van der Waals surface area contributed by atoms with Crippen molar-refractivity contribution in [2.75, 3.05) is 4.90 Å². The van der Waals surface area contributed by atoms with Crippen LogP contribution in [-0.4, -0.2) is 27.3 Å². The van der Waals surface area contributed by atoms with Crippen LogP contribution < -0.4 is 10.0 Å². The number of rotatable bonds is 3. The summed E-state index contributed by atoms with van der Waals surface area (Å²) in [7, 11) is 0. The lowest BCUT2D eigenvalue weighted by molar-refractivity contribution is -0.255. The SMILES string of the molecule is Cc1cc2ncn([C@@H]3CC(=O)N(c4ccc(C(=O)[O-])cc4)C3=O)c2cc1C. The molecule has 0 unspecified atom stereocenters. The van der Waals surface area contributed by atoms with E-state index in [9.17, 15) is 19.5 Å². The van der Waals surface area contributed by atoms with Crippen molar-refractivity contribution in [3.63, 3.8) is 0 Å². The van der Waals surface area contributed by atoms with Crippen molar-refractivity contribution in [1.29, 1.82) is 0 Å². The van der Waals surface area contributed by atoms with Crippen LogP contribution in [-0.2, 0) is 9.59 Å². The molecule has 1 aliphatic rings. The molecule has 2 heterocycles. The number of carbonyl (C=O) groups excluding carboxylic acids is 3. The van der Waals surface area contributed by atoms with Crippen molar-refractivity contribution in [3.8, 4) is 0 Å². The third-order valence-corrected chi connectivity index (χ3v) is 5.01. The number of benzene rings is 2. The van der Waals surface area contributed by atoms with E-state index < -0.39 is 12.0 Å². The van der Waals surface area contributed by atoms with Gasteiger partial charge in [-0.2, -0.15) is 0 Å². The van der Waals surface area contributed by atoms with Gasteiger partial charge in [-0.1, -0.05) is 12.1 Å². The number of hydrogen-bond donors (Lipinski definition) is 0. The maximum absolute atomic E-state index is 13.0. The molecule has 4 rings (SSSR count). The fourth-order valence-electron chi connectivity index (χ4n) is 3.38. The number of fused-ring (bicyclic) bond motifs is 1. The van der Waals surface area contributed by atoms with Crippen LogP contribution in [0.4, 0.5) is 5.69 Å². The highest BCUT2D eigenvalue weighted by Gasteiger charge is 2.41. The van der Waals surface area contributed by atoms with Crippen LogP contribution in [0.25, 0.3) is 11.0 Å². The molecule has 0 radical (unpaired) electrons. The molecular formula is C20H16N3O4-. The van der Waals surface area contributed by atoms with Crippen LogP contribution in [0.15, 0.2) is 42.7 Å². The highest BCUT2D eigenvalue weighted by molar-refractivity contribution is 6.22. The van der Waals surface area contributed by atoms with Gasteiger partial charge in [-0.3, -0.25) is 9.59 Å². The first-order valence-electron chi connectivity index (χ1n) is 8.49. The Morgan fingerprint density at radius 2 is 1.78 bits per heavy atom. The number of carboxylic acids is 1. The first-order chi connectivity index (χ1) is 12.9. The van der Waals surface area contributed by atoms with Crippen LogP contribution in [0.2, 0.25) is 0 Å². The molecule has 3 aromatic rings. The van der Waals surface area contributed by atoms with Gasteiger partial charge in [0.15, 0.2) is 0 Å². The number of imidazole rings is 1. The number of aryl methyl sites for hydroxylation is 2. The second-order valence-corrected chi connectivity index (χ2v) is 6.70. The summed E-state index contributed by atoms with van der Waals surface area (Å²) in [5.41, 5.74) is 4.09. The Bertz CT molecular complexity index is 1100. The van der Waals surface area contributed by atoms with E-state index in [4.69, 9.17) is 0 Å². The molecule has 0 saturated carbocycles. The maximum Gasteiger partial charge on any atom is 0.257 e. The Kier molecular flexibility index (Phi) is 3.80. The Hall–Kier alpha value is -3.48. The number of hydrogen-bond acceptors (Lipinski definition) is 5. The number of imide groups is 1. The molecule has 0 bridgehead atoms. The number of aromatic nitrogens is 2.